The van der Waals surface area contributed by atoms with Gasteiger partial charge < -0.3 is 14.8 Å². The first-order valence-electron chi connectivity index (χ1n) is 6.85. The largest absolute Gasteiger partial charge is 0.497 e. The van der Waals surface area contributed by atoms with Gasteiger partial charge in [-0.05, 0) is 31.0 Å². The first kappa shape index (κ1) is 14.6. The molecule has 0 unspecified atom stereocenters. The van der Waals surface area contributed by atoms with Crippen molar-refractivity contribution in [1.82, 2.24) is 5.32 Å². The highest BCUT2D eigenvalue weighted by Gasteiger charge is 2.20. The van der Waals surface area contributed by atoms with Gasteiger partial charge >= 0.3 is 0 Å². The molecule has 0 radical (unpaired) electrons. The smallest absolute Gasteiger partial charge is 0.263 e. The molecule has 1 atom stereocenters. The van der Waals surface area contributed by atoms with E-state index in [1.54, 1.807) is 7.11 Å². The number of thiophene rings is 1. The van der Waals surface area contributed by atoms with Crippen LogP contribution in [0.5, 0.6) is 5.75 Å². The van der Waals surface area contributed by atoms with E-state index in [0.29, 0.717) is 16.4 Å². The Kier molecular flexibility index (Phi) is 4.33. The average molecular weight is 326 g/mol. The summed E-state index contributed by atoms with van der Waals surface area (Å²) in [4.78, 5) is 12.8. The fourth-order valence-corrected chi connectivity index (χ4v) is 3.87. The molecule has 112 valence electrons. The summed E-state index contributed by atoms with van der Waals surface area (Å²) in [7, 11) is 1.62. The molecule has 4 nitrogen and oxygen atoms in total. The number of fused-ring (bicyclic) bond motifs is 1. The van der Waals surface area contributed by atoms with Gasteiger partial charge in [0.15, 0.2) is 0 Å². The summed E-state index contributed by atoms with van der Waals surface area (Å²) in [6, 6.07) is 5.61. The third-order valence-corrected chi connectivity index (χ3v) is 5.21. The minimum absolute atomic E-state index is 0.127. The Labute approximate surface area is 132 Å². The van der Waals surface area contributed by atoms with Crippen LogP contribution in [0, 0.1) is 0 Å². The Morgan fingerprint density at radius 1 is 1.57 bits per heavy atom. The van der Waals surface area contributed by atoms with Crippen LogP contribution in [0.25, 0.3) is 10.1 Å². The zero-order chi connectivity index (χ0) is 14.8. The second kappa shape index (κ2) is 6.22. The van der Waals surface area contributed by atoms with Crippen LogP contribution in [-0.2, 0) is 4.74 Å². The predicted molar refractivity (Wildman–Crippen MR) is 84.7 cm³/mol. The second-order valence-electron chi connectivity index (χ2n) is 4.95. The van der Waals surface area contributed by atoms with Gasteiger partial charge in [-0.3, -0.25) is 4.79 Å². The Bertz CT molecular complexity index is 664. The highest BCUT2D eigenvalue weighted by Crippen LogP contribution is 2.37. The monoisotopic (exact) mass is 325 g/mol. The number of hydrogen-bond acceptors (Lipinski definition) is 4. The van der Waals surface area contributed by atoms with Gasteiger partial charge in [-0.2, -0.15) is 0 Å². The molecule has 1 fully saturated rings. The summed E-state index contributed by atoms with van der Waals surface area (Å²) < 4.78 is 11.6. The molecule has 1 aliphatic heterocycles. The first-order valence-corrected chi connectivity index (χ1v) is 8.04. The molecule has 0 spiro atoms. The minimum Gasteiger partial charge on any atom is -0.497 e. The van der Waals surface area contributed by atoms with Gasteiger partial charge in [0.25, 0.3) is 5.91 Å². The van der Waals surface area contributed by atoms with Crippen molar-refractivity contribution in [3.05, 3.63) is 28.1 Å². The molecular weight excluding hydrogens is 310 g/mol. The third kappa shape index (κ3) is 3.00. The number of methoxy groups -OCH3 is 1. The molecule has 2 aromatic rings. The first-order chi connectivity index (χ1) is 10.2. The Hall–Kier alpha value is -1.30. The second-order valence-corrected chi connectivity index (χ2v) is 6.38. The number of benzene rings is 1. The molecule has 1 aromatic heterocycles. The van der Waals surface area contributed by atoms with Crippen molar-refractivity contribution in [2.45, 2.75) is 18.9 Å². The molecule has 3 rings (SSSR count). The maximum Gasteiger partial charge on any atom is 0.263 e. The van der Waals surface area contributed by atoms with Crippen LogP contribution in [0.3, 0.4) is 0 Å². The van der Waals surface area contributed by atoms with Crippen molar-refractivity contribution < 1.29 is 14.3 Å². The van der Waals surface area contributed by atoms with Gasteiger partial charge in [-0.1, -0.05) is 11.6 Å². The summed E-state index contributed by atoms with van der Waals surface area (Å²) in [5.74, 6) is 0.613. The quantitative estimate of drug-likeness (QED) is 0.936. The summed E-state index contributed by atoms with van der Waals surface area (Å²) in [5, 5.41) is 4.28. The van der Waals surface area contributed by atoms with E-state index in [2.05, 4.69) is 5.32 Å². The van der Waals surface area contributed by atoms with Gasteiger partial charge in [0.05, 0.1) is 18.2 Å². The van der Waals surface area contributed by atoms with Crippen LogP contribution in [0.2, 0.25) is 5.02 Å². The maximum atomic E-state index is 12.3. The van der Waals surface area contributed by atoms with Crippen LogP contribution in [0.1, 0.15) is 22.5 Å². The van der Waals surface area contributed by atoms with Crippen molar-refractivity contribution in [3.63, 3.8) is 0 Å². The lowest BCUT2D eigenvalue weighted by atomic mass is 10.2. The van der Waals surface area contributed by atoms with Crippen LogP contribution in [0.15, 0.2) is 18.2 Å². The fourth-order valence-electron chi connectivity index (χ4n) is 2.41. The molecule has 1 saturated heterocycles. The molecule has 2 heterocycles. The summed E-state index contributed by atoms with van der Waals surface area (Å²) in [6.07, 6.45) is 2.18. The van der Waals surface area contributed by atoms with Gasteiger partial charge in [-0.15, -0.1) is 11.3 Å². The van der Waals surface area contributed by atoms with Crippen LogP contribution in [-0.4, -0.2) is 32.3 Å². The molecule has 1 amide bonds. The van der Waals surface area contributed by atoms with Gasteiger partial charge in [0.1, 0.15) is 10.6 Å². The average Bonchev–Trinajstić information content (AvgIpc) is 3.12. The van der Waals surface area contributed by atoms with Crippen molar-refractivity contribution in [3.8, 4) is 5.75 Å². The normalized spacial score (nSPS) is 18.1. The standard InChI is InChI=1S/C15H16ClNO3S/c1-19-9-4-5-11-12(7-9)21-14(13(11)16)15(18)17-8-10-3-2-6-20-10/h4-5,7,10H,2-3,6,8H2,1H3,(H,17,18)/t10-/m0/s1. The molecule has 0 aliphatic carbocycles. The van der Waals surface area contributed by atoms with E-state index in [0.717, 1.165) is 35.3 Å². The highest BCUT2D eigenvalue weighted by atomic mass is 35.5. The zero-order valence-corrected chi connectivity index (χ0v) is 13.2. The van der Waals surface area contributed by atoms with Gasteiger partial charge in [0.2, 0.25) is 0 Å². The number of rotatable bonds is 4. The van der Waals surface area contributed by atoms with E-state index >= 15 is 0 Å². The van der Waals surface area contributed by atoms with E-state index in [9.17, 15) is 4.79 Å². The number of carbonyl (C=O) groups is 1. The van der Waals surface area contributed by atoms with E-state index in [1.165, 1.54) is 11.3 Å². The van der Waals surface area contributed by atoms with Crippen LogP contribution < -0.4 is 10.1 Å². The Balaban J connectivity index is 1.78. The van der Waals surface area contributed by atoms with Gasteiger partial charge in [-0.25, -0.2) is 0 Å². The summed E-state index contributed by atoms with van der Waals surface area (Å²) >= 11 is 7.70. The van der Waals surface area contributed by atoms with E-state index in [1.807, 2.05) is 18.2 Å². The number of hydrogen-bond donors (Lipinski definition) is 1. The SMILES string of the molecule is COc1ccc2c(Cl)c(C(=O)NC[C@@H]3CCCO3)sc2c1. The minimum atomic E-state index is -0.143. The predicted octanol–water partition coefficient (Wildman–Crippen LogP) is 3.47. The summed E-state index contributed by atoms with van der Waals surface area (Å²) in [5.41, 5.74) is 0. The van der Waals surface area contributed by atoms with Gasteiger partial charge in [0, 0.05) is 23.2 Å². The van der Waals surface area contributed by atoms with E-state index < -0.39 is 0 Å². The fraction of sp³-hybridized carbons (Fsp3) is 0.400. The number of nitrogens with one attached hydrogen (secondary N) is 1. The molecule has 21 heavy (non-hydrogen) atoms. The number of halogens is 1. The lowest BCUT2D eigenvalue weighted by molar-refractivity contribution is 0.0861. The third-order valence-electron chi connectivity index (χ3n) is 3.56. The van der Waals surface area contributed by atoms with Crippen molar-refractivity contribution in [2.24, 2.45) is 0 Å². The molecule has 0 bridgehead atoms. The lowest BCUT2D eigenvalue weighted by Crippen LogP contribution is -2.31. The van der Waals surface area contributed by atoms with Crippen molar-refractivity contribution >= 4 is 38.9 Å². The Morgan fingerprint density at radius 2 is 2.43 bits per heavy atom. The molecule has 1 aliphatic rings. The number of amides is 1. The Morgan fingerprint density at radius 3 is 3.14 bits per heavy atom. The lowest BCUT2D eigenvalue weighted by Gasteiger charge is -2.09. The van der Waals surface area contributed by atoms with Crippen LogP contribution >= 0.6 is 22.9 Å². The van der Waals surface area contributed by atoms with E-state index in [4.69, 9.17) is 21.1 Å². The molecule has 6 heteroatoms. The highest BCUT2D eigenvalue weighted by molar-refractivity contribution is 7.21. The van der Waals surface area contributed by atoms with Crippen molar-refractivity contribution in [1.29, 1.82) is 0 Å². The molecule has 1 aromatic carbocycles. The van der Waals surface area contributed by atoms with E-state index in [-0.39, 0.29) is 12.0 Å². The van der Waals surface area contributed by atoms with Crippen LogP contribution in [0.4, 0.5) is 0 Å². The maximum absolute atomic E-state index is 12.3. The van der Waals surface area contributed by atoms with Crippen molar-refractivity contribution in [2.75, 3.05) is 20.3 Å². The topological polar surface area (TPSA) is 47.6 Å². The number of ether oxygens (including phenoxy) is 2. The molecular formula is C15H16ClNO3S. The summed E-state index contributed by atoms with van der Waals surface area (Å²) in [6.45, 7) is 1.32. The molecule has 1 N–H and O–H groups in total. The zero-order valence-electron chi connectivity index (χ0n) is 11.6. The molecule has 0 saturated carbocycles. The number of carbonyl (C=O) groups excluding carboxylic acids is 1.